The van der Waals surface area contributed by atoms with Crippen LogP contribution in [-0.2, 0) is 9.53 Å². The molecule has 3 rings (SSSR count). The zero-order valence-corrected chi connectivity index (χ0v) is 13.9. The third-order valence-corrected chi connectivity index (χ3v) is 4.69. The number of hydrogen-bond donors (Lipinski definition) is 1. The van der Waals surface area contributed by atoms with Crippen molar-refractivity contribution in [1.29, 1.82) is 0 Å². The minimum Gasteiger partial charge on any atom is -0.379 e. The van der Waals surface area contributed by atoms with E-state index in [1.165, 1.54) is 0 Å². The number of morpholine rings is 1. The molecule has 6 heteroatoms. The maximum Gasteiger partial charge on any atom is 0.251 e. The Balaban J connectivity index is 1.40. The topological polar surface area (TPSA) is 61.9 Å². The number of amides is 2. The number of benzene rings is 1. The Morgan fingerprint density at radius 1 is 1.12 bits per heavy atom. The first-order valence-electron chi connectivity index (χ1n) is 8.63. The van der Waals surface area contributed by atoms with Gasteiger partial charge in [0.1, 0.15) is 0 Å². The summed E-state index contributed by atoms with van der Waals surface area (Å²) in [6.45, 7) is 6.25. The molecule has 1 N–H and O–H groups in total. The molecule has 0 aliphatic carbocycles. The van der Waals surface area contributed by atoms with E-state index in [1.807, 2.05) is 23.1 Å². The van der Waals surface area contributed by atoms with E-state index in [0.29, 0.717) is 11.5 Å². The molecule has 0 bridgehead atoms. The van der Waals surface area contributed by atoms with Gasteiger partial charge in [0, 0.05) is 38.3 Å². The Hall–Kier alpha value is -1.92. The van der Waals surface area contributed by atoms with Crippen LogP contribution in [-0.4, -0.2) is 74.1 Å². The summed E-state index contributed by atoms with van der Waals surface area (Å²) in [5.74, 6) is 0.327. The van der Waals surface area contributed by atoms with Crippen molar-refractivity contribution in [2.45, 2.75) is 6.42 Å². The maximum absolute atomic E-state index is 12.3. The smallest absolute Gasteiger partial charge is 0.251 e. The Morgan fingerprint density at radius 2 is 1.88 bits per heavy atom. The van der Waals surface area contributed by atoms with Crippen LogP contribution in [0.3, 0.4) is 0 Å². The fraction of sp³-hybridized carbons (Fsp3) is 0.556. The van der Waals surface area contributed by atoms with Gasteiger partial charge < -0.3 is 15.0 Å². The van der Waals surface area contributed by atoms with Crippen LogP contribution in [0.2, 0.25) is 0 Å². The number of nitrogens with one attached hydrogen (secondary N) is 1. The van der Waals surface area contributed by atoms with Gasteiger partial charge in [-0.1, -0.05) is 18.2 Å². The van der Waals surface area contributed by atoms with Crippen LogP contribution >= 0.6 is 0 Å². The van der Waals surface area contributed by atoms with Crippen molar-refractivity contribution in [1.82, 2.24) is 15.1 Å². The van der Waals surface area contributed by atoms with E-state index in [-0.39, 0.29) is 18.4 Å². The molecule has 2 aliphatic heterocycles. The van der Waals surface area contributed by atoms with Crippen molar-refractivity contribution < 1.29 is 14.3 Å². The van der Waals surface area contributed by atoms with Crippen molar-refractivity contribution in [2.75, 3.05) is 52.5 Å². The molecule has 2 amide bonds. The van der Waals surface area contributed by atoms with E-state index < -0.39 is 0 Å². The maximum atomic E-state index is 12.3. The number of ether oxygens (including phenoxy) is 1. The van der Waals surface area contributed by atoms with E-state index >= 15 is 0 Å². The molecule has 2 aliphatic rings. The molecule has 1 aromatic carbocycles. The molecular weight excluding hydrogens is 306 g/mol. The van der Waals surface area contributed by atoms with Crippen molar-refractivity contribution >= 4 is 11.8 Å². The summed E-state index contributed by atoms with van der Waals surface area (Å²) in [7, 11) is 0. The standard InChI is InChI=1S/C18H25N3O3/c22-17(12-19-18(23)16-4-2-1-3-5-16)21-7-6-15(14-21)13-20-8-10-24-11-9-20/h1-5,15H,6-14H2,(H,19,23). The van der Waals surface area contributed by atoms with Gasteiger partial charge in [0.2, 0.25) is 5.91 Å². The quantitative estimate of drug-likeness (QED) is 0.858. The van der Waals surface area contributed by atoms with E-state index in [9.17, 15) is 9.59 Å². The van der Waals surface area contributed by atoms with Gasteiger partial charge in [-0.25, -0.2) is 0 Å². The molecule has 0 spiro atoms. The molecule has 24 heavy (non-hydrogen) atoms. The van der Waals surface area contributed by atoms with Crippen LogP contribution in [0.15, 0.2) is 30.3 Å². The average molecular weight is 331 g/mol. The molecule has 1 atom stereocenters. The first-order valence-corrected chi connectivity index (χ1v) is 8.63. The summed E-state index contributed by atoms with van der Waals surface area (Å²) >= 11 is 0. The Morgan fingerprint density at radius 3 is 2.62 bits per heavy atom. The van der Waals surface area contributed by atoms with Crippen molar-refractivity contribution in [2.24, 2.45) is 5.92 Å². The summed E-state index contributed by atoms with van der Waals surface area (Å²) in [6.07, 6.45) is 1.04. The van der Waals surface area contributed by atoms with Crippen LogP contribution in [0.1, 0.15) is 16.8 Å². The van der Waals surface area contributed by atoms with Gasteiger partial charge in [-0.2, -0.15) is 0 Å². The molecule has 1 unspecified atom stereocenters. The van der Waals surface area contributed by atoms with E-state index in [4.69, 9.17) is 4.74 Å². The van der Waals surface area contributed by atoms with Crippen LogP contribution in [0.25, 0.3) is 0 Å². The van der Waals surface area contributed by atoms with Crippen molar-refractivity contribution in [3.63, 3.8) is 0 Å². The largest absolute Gasteiger partial charge is 0.379 e. The summed E-state index contributed by atoms with van der Waals surface area (Å²) in [6, 6.07) is 8.98. The Kier molecular flexibility index (Phi) is 5.82. The summed E-state index contributed by atoms with van der Waals surface area (Å²) in [5.41, 5.74) is 0.580. The molecule has 2 heterocycles. The number of carbonyl (C=O) groups is 2. The summed E-state index contributed by atoms with van der Waals surface area (Å²) < 4.78 is 5.37. The van der Waals surface area contributed by atoms with Crippen LogP contribution in [0.4, 0.5) is 0 Å². The molecule has 0 saturated carbocycles. The van der Waals surface area contributed by atoms with Crippen LogP contribution in [0, 0.1) is 5.92 Å². The fourth-order valence-corrected chi connectivity index (χ4v) is 3.32. The summed E-state index contributed by atoms with van der Waals surface area (Å²) in [4.78, 5) is 28.6. The van der Waals surface area contributed by atoms with Gasteiger partial charge in [0.05, 0.1) is 19.8 Å². The van der Waals surface area contributed by atoms with Crippen LogP contribution < -0.4 is 5.32 Å². The molecule has 6 nitrogen and oxygen atoms in total. The lowest BCUT2D eigenvalue weighted by Gasteiger charge is -2.29. The minimum absolute atomic E-state index is 0.00348. The normalized spacial score (nSPS) is 21.7. The highest BCUT2D eigenvalue weighted by atomic mass is 16.5. The molecule has 2 saturated heterocycles. The van der Waals surface area contributed by atoms with Gasteiger partial charge in [-0.3, -0.25) is 14.5 Å². The lowest BCUT2D eigenvalue weighted by atomic mass is 10.1. The SMILES string of the molecule is O=C(NCC(=O)N1CCC(CN2CCOCC2)C1)c1ccccc1. The first-order chi connectivity index (χ1) is 11.7. The monoisotopic (exact) mass is 331 g/mol. The Bertz CT molecular complexity index is 558. The average Bonchev–Trinajstić information content (AvgIpc) is 3.09. The molecule has 1 aromatic rings. The first kappa shape index (κ1) is 16.9. The number of likely N-dealkylation sites (tertiary alicyclic amines) is 1. The molecule has 0 aromatic heterocycles. The summed E-state index contributed by atoms with van der Waals surface area (Å²) in [5, 5.41) is 2.71. The van der Waals surface area contributed by atoms with Gasteiger partial charge in [0.15, 0.2) is 0 Å². The lowest BCUT2D eigenvalue weighted by Crippen LogP contribution is -2.41. The second kappa shape index (κ2) is 8.26. The highest BCUT2D eigenvalue weighted by Crippen LogP contribution is 2.18. The highest BCUT2D eigenvalue weighted by Gasteiger charge is 2.28. The predicted molar refractivity (Wildman–Crippen MR) is 90.7 cm³/mol. The van der Waals surface area contributed by atoms with Crippen LogP contribution in [0.5, 0.6) is 0 Å². The van der Waals surface area contributed by atoms with Gasteiger partial charge in [-0.15, -0.1) is 0 Å². The third kappa shape index (κ3) is 4.55. The zero-order chi connectivity index (χ0) is 16.8. The van der Waals surface area contributed by atoms with Gasteiger partial charge >= 0.3 is 0 Å². The molecule has 2 fully saturated rings. The number of carbonyl (C=O) groups excluding carboxylic acids is 2. The van der Waals surface area contributed by atoms with Gasteiger partial charge in [0.25, 0.3) is 5.91 Å². The molecule has 130 valence electrons. The molecular formula is C18H25N3O3. The number of rotatable bonds is 5. The number of nitrogens with zero attached hydrogens (tertiary/aromatic N) is 2. The predicted octanol–water partition coefficient (Wildman–Crippen LogP) is 0.597. The zero-order valence-electron chi connectivity index (χ0n) is 13.9. The number of hydrogen-bond acceptors (Lipinski definition) is 4. The highest BCUT2D eigenvalue weighted by molar-refractivity contribution is 5.96. The lowest BCUT2D eigenvalue weighted by molar-refractivity contribution is -0.129. The van der Waals surface area contributed by atoms with E-state index in [1.54, 1.807) is 12.1 Å². The third-order valence-electron chi connectivity index (χ3n) is 4.69. The second-order valence-electron chi connectivity index (χ2n) is 6.46. The van der Waals surface area contributed by atoms with Gasteiger partial charge in [-0.05, 0) is 24.5 Å². The van der Waals surface area contributed by atoms with Crippen molar-refractivity contribution in [3.05, 3.63) is 35.9 Å². The van der Waals surface area contributed by atoms with E-state index in [2.05, 4.69) is 10.2 Å². The van der Waals surface area contributed by atoms with E-state index in [0.717, 1.165) is 52.4 Å². The van der Waals surface area contributed by atoms with Crippen molar-refractivity contribution in [3.8, 4) is 0 Å². The Labute approximate surface area is 142 Å². The minimum atomic E-state index is -0.201. The molecule has 0 radical (unpaired) electrons. The second-order valence-corrected chi connectivity index (χ2v) is 6.46. The fourth-order valence-electron chi connectivity index (χ4n) is 3.32.